The summed E-state index contributed by atoms with van der Waals surface area (Å²) in [5, 5.41) is 8.07. The van der Waals surface area contributed by atoms with Crippen LogP contribution in [-0.2, 0) is 4.74 Å². The van der Waals surface area contributed by atoms with Crippen LogP contribution in [0, 0.1) is 12.7 Å². The largest absolute Gasteiger partial charge is 0.378 e. The van der Waals surface area contributed by atoms with Gasteiger partial charge in [-0.2, -0.15) is 10.1 Å². The van der Waals surface area contributed by atoms with Crippen LogP contribution in [-0.4, -0.2) is 52.5 Å². The van der Waals surface area contributed by atoms with E-state index in [9.17, 15) is 4.39 Å². The van der Waals surface area contributed by atoms with Gasteiger partial charge in [0.05, 0.1) is 53.9 Å². The van der Waals surface area contributed by atoms with E-state index in [4.69, 9.17) is 16.3 Å². The smallest absolute Gasteiger partial charge is 0.245 e. The van der Waals surface area contributed by atoms with Crippen molar-refractivity contribution in [1.29, 1.82) is 0 Å². The standard InChI is InChI=1S/C26H24ClFN8O/c1-17-11-19(18-3-2-6-29-13-18)12-22(27)24(17)33-21-5-4-20(30-14-21)15-32-35-26-31-16-23(28)25(34-26)36-7-9-37-10-8-36/h2-6,11-16,33H,7-10H2,1H3,(H,31,34,35)/b32-15+. The quantitative estimate of drug-likeness (QED) is 0.258. The molecule has 1 aliphatic rings. The first-order chi connectivity index (χ1) is 18.1. The van der Waals surface area contributed by atoms with Gasteiger partial charge in [-0.15, -0.1) is 0 Å². The first-order valence-electron chi connectivity index (χ1n) is 11.6. The van der Waals surface area contributed by atoms with Crippen LogP contribution in [0.5, 0.6) is 0 Å². The van der Waals surface area contributed by atoms with Gasteiger partial charge in [-0.25, -0.2) is 14.8 Å². The molecule has 0 bridgehead atoms. The highest BCUT2D eigenvalue weighted by Crippen LogP contribution is 2.33. The summed E-state index contributed by atoms with van der Waals surface area (Å²) in [5.41, 5.74) is 7.93. The molecule has 9 nitrogen and oxygen atoms in total. The van der Waals surface area contributed by atoms with Gasteiger partial charge in [-0.05, 0) is 48.4 Å². The summed E-state index contributed by atoms with van der Waals surface area (Å²) in [6.45, 7) is 4.20. The van der Waals surface area contributed by atoms with E-state index < -0.39 is 5.82 Å². The lowest BCUT2D eigenvalue weighted by molar-refractivity contribution is 0.122. The first kappa shape index (κ1) is 24.5. The second kappa shape index (κ2) is 11.3. The van der Waals surface area contributed by atoms with Crippen LogP contribution in [0.15, 0.2) is 66.3 Å². The third kappa shape index (κ3) is 5.99. The molecule has 0 amide bonds. The number of aromatic nitrogens is 4. The number of halogens is 2. The third-order valence-corrected chi connectivity index (χ3v) is 6.03. The zero-order valence-electron chi connectivity index (χ0n) is 20.0. The molecule has 0 radical (unpaired) electrons. The van der Waals surface area contributed by atoms with E-state index in [-0.39, 0.29) is 11.8 Å². The Morgan fingerprint density at radius 2 is 1.95 bits per heavy atom. The van der Waals surface area contributed by atoms with Gasteiger partial charge in [-0.1, -0.05) is 17.7 Å². The Kier molecular flexibility index (Phi) is 7.48. The van der Waals surface area contributed by atoms with Crippen LogP contribution in [0.2, 0.25) is 5.02 Å². The number of benzene rings is 1. The van der Waals surface area contributed by atoms with Crippen LogP contribution >= 0.6 is 11.6 Å². The van der Waals surface area contributed by atoms with E-state index in [0.29, 0.717) is 37.0 Å². The van der Waals surface area contributed by atoms with Gasteiger partial charge in [-0.3, -0.25) is 9.97 Å². The van der Waals surface area contributed by atoms with Crippen LogP contribution < -0.4 is 15.6 Å². The normalized spacial score (nSPS) is 13.6. The van der Waals surface area contributed by atoms with E-state index in [1.807, 2.05) is 48.4 Å². The summed E-state index contributed by atoms with van der Waals surface area (Å²) in [4.78, 5) is 18.6. The monoisotopic (exact) mass is 518 g/mol. The van der Waals surface area contributed by atoms with Crippen LogP contribution in [0.3, 0.4) is 0 Å². The molecule has 1 aromatic carbocycles. The van der Waals surface area contributed by atoms with Gasteiger partial charge in [0, 0.05) is 31.0 Å². The molecule has 188 valence electrons. The second-order valence-electron chi connectivity index (χ2n) is 8.32. The molecule has 5 rings (SSSR count). The van der Waals surface area contributed by atoms with Crippen molar-refractivity contribution in [2.45, 2.75) is 6.92 Å². The molecular weight excluding hydrogens is 495 g/mol. The van der Waals surface area contributed by atoms with Crippen LogP contribution in [0.25, 0.3) is 11.1 Å². The van der Waals surface area contributed by atoms with Crippen molar-refractivity contribution in [1.82, 2.24) is 19.9 Å². The first-order valence-corrected chi connectivity index (χ1v) is 12.0. The number of ether oxygens (including phenoxy) is 1. The number of nitrogens with one attached hydrogen (secondary N) is 2. The Balaban J connectivity index is 1.23. The molecule has 0 spiro atoms. The number of pyridine rings is 2. The van der Waals surface area contributed by atoms with Gasteiger partial charge in [0.1, 0.15) is 0 Å². The molecular formula is C26H24ClFN8O. The Morgan fingerprint density at radius 3 is 2.68 bits per heavy atom. The molecule has 0 saturated carbocycles. The van der Waals surface area contributed by atoms with Gasteiger partial charge >= 0.3 is 0 Å². The highest BCUT2D eigenvalue weighted by atomic mass is 35.5. The van der Waals surface area contributed by atoms with Crippen molar-refractivity contribution in [2.24, 2.45) is 5.10 Å². The number of rotatable bonds is 7. The Bertz CT molecular complexity index is 1370. The SMILES string of the molecule is Cc1cc(-c2cccnc2)cc(Cl)c1Nc1ccc(/C=N/Nc2ncc(F)c(N3CCOCC3)n2)nc1. The molecule has 1 aliphatic heterocycles. The number of hydrogen-bond donors (Lipinski definition) is 2. The molecule has 0 unspecified atom stereocenters. The third-order valence-electron chi connectivity index (χ3n) is 5.74. The van der Waals surface area contributed by atoms with Crippen molar-refractivity contribution < 1.29 is 9.13 Å². The zero-order chi connectivity index (χ0) is 25.6. The Morgan fingerprint density at radius 1 is 1.08 bits per heavy atom. The fourth-order valence-corrected chi connectivity index (χ4v) is 4.18. The zero-order valence-corrected chi connectivity index (χ0v) is 20.8. The lowest BCUT2D eigenvalue weighted by atomic mass is 10.0. The lowest BCUT2D eigenvalue weighted by Gasteiger charge is -2.27. The molecule has 4 heterocycles. The fourth-order valence-electron chi connectivity index (χ4n) is 3.87. The number of morpholine rings is 1. The fraction of sp³-hybridized carbons (Fsp3) is 0.192. The number of aryl methyl sites for hydroxylation is 1. The predicted octanol–water partition coefficient (Wildman–Crippen LogP) is 5.06. The number of hydrazone groups is 1. The highest BCUT2D eigenvalue weighted by Gasteiger charge is 2.17. The molecule has 2 N–H and O–H groups in total. The topological polar surface area (TPSA) is 100 Å². The summed E-state index contributed by atoms with van der Waals surface area (Å²) in [6.07, 6.45) is 7.90. The van der Waals surface area contributed by atoms with Crippen LogP contribution in [0.4, 0.5) is 27.5 Å². The summed E-state index contributed by atoms with van der Waals surface area (Å²) in [6, 6.07) is 11.6. The maximum absolute atomic E-state index is 14.2. The average Bonchev–Trinajstić information content (AvgIpc) is 2.93. The van der Waals surface area contributed by atoms with E-state index in [1.54, 1.807) is 12.4 Å². The Labute approximate surface area is 218 Å². The van der Waals surface area contributed by atoms with Crippen molar-refractivity contribution in [2.75, 3.05) is 41.9 Å². The minimum atomic E-state index is -0.483. The summed E-state index contributed by atoms with van der Waals surface area (Å²) in [7, 11) is 0. The average molecular weight is 519 g/mol. The summed E-state index contributed by atoms with van der Waals surface area (Å²) >= 11 is 6.59. The Hall–Kier alpha value is -4.15. The second-order valence-corrected chi connectivity index (χ2v) is 8.73. The highest BCUT2D eigenvalue weighted by molar-refractivity contribution is 6.33. The van der Waals surface area contributed by atoms with Crippen molar-refractivity contribution in [3.05, 3.63) is 83.3 Å². The summed E-state index contributed by atoms with van der Waals surface area (Å²) < 4.78 is 19.5. The molecule has 0 atom stereocenters. The number of nitrogens with zero attached hydrogens (tertiary/aromatic N) is 6. The minimum absolute atomic E-state index is 0.192. The van der Waals surface area contributed by atoms with E-state index in [1.165, 1.54) is 6.21 Å². The molecule has 37 heavy (non-hydrogen) atoms. The van der Waals surface area contributed by atoms with Crippen molar-refractivity contribution in [3.8, 4) is 11.1 Å². The molecule has 4 aromatic rings. The lowest BCUT2D eigenvalue weighted by Crippen LogP contribution is -2.37. The molecule has 0 aliphatic carbocycles. The van der Waals surface area contributed by atoms with Gasteiger partial charge in [0.25, 0.3) is 0 Å². The maximum Gasteiger partial charge on any atom is 0.245 e. The van der Waals surface area contributed by atoms with Gasteiger partial charge in [0.2, 0.25) is 5.95 Å². The maximum atomic E-state index is 14.2. The van der Waals surface area contributed by atoms with E-state index in [2.05, 4.69) is 41.8 Å². The van der Waals surface area contributed by atoms with Crippen molar-refractivity contribution in [3.63, 3.8) is 0 Å². The molecule has 11 heteroatoms. The van der Waals surface area contributed by atoms with E-state index in [0.717, 1.165) is 34.3 Å². The predicted molar refractivity (Wildman–Crippen MR) is 143 cm³/mol. The van der Waals surface area contributed by atoms with E-state index >= 15 is 0 Å². The number of anilines is 4. The molecule has 1 fully saturated rings. The number of hydrogen-bond acceptors (Lipinski definition) is 9. The van der Waals surface area contributed by atoms with Gasteiger partial charge in [0.15, 0.2) is 11.6 Å². The van der Waals surface area contributed by atoms with Gasteiger partial charge < -0.3 is 15.0 Å². The molecule has 1 saturated heterocycles. The van der Waals surface area contributed by atoms with Crippen LogP contribution in [0.1, 0.15) is 11.3 Å². The minimum Gasteiger partial charge on any atom is -0.378 e. The molecule has 3 aromatic heterocycles. The van der Waals surface area contributed by atoms with Crippen molar-refractivity contribution >= 4 is 41.0 Å². The summed E-state index contributed by atoms with van der Waals surface area (Å²) in [5.74, 6) is -0.0625.